The minimum Gasteiger partial charge on any atom is -0.373 e. The van der Waals surface area contributed by atoms with E-state index in [0.717, 1.165) is 38.4 Å². The topological polar surface area (TPSA) is 51.1 Å². The molecule has 0 amide bonds. The number of fused-ring (bicyclic) bond motifs is 1. The first-order chi connectivity index (χ1) is 9.31. The monoisotopic (exact) mass is 282 g/mol. The molecule has 1 aromatic rings. The molecule has 0 radical (unpaired) electrons. The molecule has 0 unspecified atom stereocenters. The zero-order valence-corrected chi connectivity index (χ0v) is 12.3. The van der Waals surface area contributed by atoms with Crippen LogP contribution in [0, 0.1) is 0 Å². The zero-order chi connectivity index (χ0) is 13.5. The smallest absolute Gasteiger partial charge is 0.166 e. The van der Waals surface area contributed by atoms with Crippen LogP contribution in [0.3, 0.4) is 0 Å². The summed E-state index contributed by atoms with van der Waals surface area (Å²) in [5, 5.41) is 6.66. The Bertz CT molecular complexity index is 419. The van der Waals surface area contributed by atoms with E-state index in [4.69, 9.17) is 17.0 Å². The third-order valence-corrected chi connectivity index (χ3v) is 3.64. The van der Waals surface area contributed by atoms with Gasteiger partial charge in [-0.2, -0.15) is 0 Å². The Hall–Kier alpha value is -1.14. The van der Waals surface area contributed by atoms with Gasteiger partial charge in [-0.05, 0) is 37.9 Å². The lowest BCUT2D eigenvalue weighted by atomic mass is 10.1. The van der Waals surface area contributed by atoms with Gasteiger partial charge in [0, 0.05) is 38.6 Å². The molecule has 0 fully saturated rings. The molecule has 1 aliphatic heterocycles. The lowest BCUT2D eigenvalue weighted by Gasteiger charge is -2.16. The summed E-state index contributed by atoms with van der Waals surface area (Å²) >= 11 is 4.99. The highest BCUT2D eigenvalue weighted by molar-refractivity contribution is 7.80. The molecule has 0 atom stereocenters. The summed E-state index contributed by atoms with van der Waals surface area (Å²) in [6.07, 6.45) is 6.61. The van der Waals surface area contributed by atoms with E-state index in [9.17, 15) is 0 Å². The zero-order valence-electron chi connectivity index (χ0n) is 11.4. The fourth-order valence-corrected chi connectivity index (χ4v) is 2.35. The molecule has 0 aliphatic carbocycles. The molecule has 19 heavy (non-hydrogen) atoms. The number of imidazole rings is 1. The van der Waals surface area contributed by atoms with Crippen LogP contribution in [0.25, 0.3) is 0 Å². The fourth-order valence-electron chi connectivity index (χ4n) is 2.25. The highest BCUT2D eigenvalue weighted by Crippen LogP contribution is 2.16. The van der Waals surface area contributed by atoms with E-state index in [1.807, 2.05) is 13.2 Å². The van der Waals surface area contributed by atoms with Crippen molar-refractivity contribution < 1.29 is 4.74 Å². The van der Waals surface area contributed by atoms with Crippen LogP contribution < -0.4 is 10.6 Å². The molecule has 1 aliphatic rings. The van der Waals surface area contributed by atoms with Crippen molar-refractivity contribution in [3.63, 3.8) is 0 Å². The van der Waals surface area contributed by atoms with Gasteiger partial charge in [-0.1, -0.05) is 0 Å². The van der Waals surface area contributed by atoms with Crippen LogP contribution >= 0.6 is 12.2 Å². The Morgan fingerprint density at radius 1 is 1.53 bits per heavy atom. The maximum atomic E-state index is 5.67. The quantitative estimate of drug-likeness (QED) is 0.607. The molecule has 0 bridgehead atoms. The molecule has 6 heteroatoms. The highest BCUT2D eigenvalue weighted by Gasteiger charge is 2.13. The second-order valence-electron chi connectivity index (χ2n) is 4.69. The standard InChI is InChI=1S/C13H22N4OS/c1-14-13(19)15-6-4-8-18-10-12-16-9-11-5-2-3-7-17(11)12/h9H,2-8,10H2,1H3,(H2,14,15,19). The second-order valence-corrected chi connectivity index (χ2v) is 5.09. The summed E-state index contributed by atoms with van der Waals surface area (Å²) in [5.74, 6) is 1.06. The average molecular weight is 282 g/mol. The van der Waals surface area contributed by atoms with Crippen LogP contribution in [0.1, 0.15) is 30.8 Å². The molecular weight excluding hydrogens is 260 g/mol. The number of nitrogens with one attached hydrogen (secondary N) is 2. The van der Waals surface area contributed by atoms with Gasteiger partial charge in [-0.3, -0.25) is 0 Å². The van der Waals surface area contributed by atoms with E-state index < -0.39 is 0 Å². The molecule has 2 heterocycles. The normalized spacial score (nSPS) is 13.9. The van der Waals surface area contributed by atoms with Crippen molar-refractivity contribution in [3.05, 3.63) is 17.7 Å². The molecule has 1 aromatic heterocycles. The molecule has 0 saturated carbocycles. The number of thiocarbonyl (C=S) groups is 1. The summed E-state index contributed by atoms with van der Waals surface area (Å²) in [4.78, 5) is 4.45. The third-order valence-electron chi connectivity index (χ3n) is 3.29. The van der Waals surface area contributed by atoms with E-state index in [-0.39, 0.29) is 0 Å². The first-order valence-corrected chi connectivity index (χ1v) is 7.28. The van der Waals surface area contributed by atoms with Crippen molar-refractivity contribution in [1.82, 2.24) is 20.2 Å². The van der Waals surface area contributed by atoms with E-state index >= 15 is 0 Å². The van der Waals surface area contributed by atoms with E-state index in [0.29, 0.717) is 11.7 Å². The summed E-state index contributed by atoms with van der Waals surface area (Å²) in [6.45, 7) is 3.25. The van der Waals surface area contributed by atoms with Gasteiger partial charge in [0.1, 0.15) is 12.4 Å². The predicted octanol–water partition coefficient (Wildman–Crippen LogP) is 1.22. The first-order valence-electron chi connectivity index (χ1n) is 6.88. The van der Waals surface area contributed by atoms with Gasteiger partial charge < -0.3 is 19.9 Å². The number of aromatic nitrogens is 2. The van der Waals surface area contributed by atoms with Gasteiger partial charge in [-0.15, -0.1) is 0 Å². The molecular formula is C13H22N4OS. The number of hydrogen-bond acceptors (Lipinski definition) is 3. The van der Waals surface area contributed by atoms with Gasteiger partial charge in [0.05, 0.1) is 0 Å². The number of aryl methyl sites for hydroxylation is 1. The van der Waals surface area contributed by atoms with Crippen molar-refractivity contribution in [2.75, 3.05) is 20.2 Å². The van der Waals surface area contributed by atoms with Crippen molar-refractivity contribution in [1.29, 1.82) is 0 Å². The van der Waals surface area contributed by atoms with Crippen LogP contribution in [0.2, 0.25) is 0 Å². The summed E-state index contributed by atoms with van der Waals surface area (Å²) in [7, 11) is 1.81. The van der Waals surface area contributed by atoms with Gasteiger partial charge in [0.2, 0.25) is 0 Å². The van der Waals surface area contributed by atoms with Crippen LogP contribution in [0.4, 0.5) is 0 Å². The molecule has 0 aromatic carbocycles. The van der Waals surface area contributed by atoms with Gasteiger partial charge in [-0.25, -0.2) is 4.98 Å². The molecule has 5 nitrogen and oxygen atoms in total. The predicted molar refractivity (Wildman–Crippen MR) is 79.1 cm³/mol. The maximum Gasteiger partial charge on any atom is 0.166 e. The third kappa shape index (κ3) is 4.18. The SMILES string of the molecule is CNC(=S)NCCCOCc1ncc2n1CCCC2. The van der Waals surface area contributed by atoms with Crippen molar-refractivity contribution in [3.8, 4) is 0 Å². The lowest BCUT2D eigenvalue weighted by molar-refractivity contribution is 0.111. The minimum absolute atomic E-state index is 0.608. The highest BCUT2D eigenvalue weighted by atomic mass is 32.1. The Morgan fingerprint density at radius 3 is 3.26 bits per heavy atom. The number of ether oxygens (including phenoxy) is 1. The molecule has 106 valence electrons. The second kappa shape index (κ2) is 7.45. The van der Waals surface area contributed by atoms with Crippen molar-refractivity contribution in [2.45, 2.75) is 38.8 Å². The lowest BCUT2D eigenvalue weighted by Crippen LogP contribution is -2.33. The van der Waals surface area contributed by atoms with E-state index in [1.165, 1.54) is 18.5 Å². The van der Waals surface area contributed by atoms with E-state index in [1.54, 1.807) is 0 Å². The fraction of sp³-hybridized carbons (Fsp3) is 0.692. The Labute approximate surface area is 119 Å². The van der Waals surface area contributed by atoms with Crippen LogP contribution in [0.5, 0.6) is 0 Å². The number of nitrogens with zero attached hydrogens (tertiary/aromatic N) is 2. The van der Waals surface area contributed by atoms with Gasteiger partial charge in [0.15, 0.2) is 5.11 Å². The molecule has 2 rings (SSSR count). The number of rotatable bonds is 6. The Balaban J connectivity index is 1.63. The van der Waals surface area contributed by atoms with Gasteiger partial charge >= 0.3 is 0 Å². The Kier molecular flexibility index (Phi) is 5.60. The van der Waals surface area contributed by atoms with Crippen molar-refractivity contribution >= 4 is 17.3 Å². The average Bonchev–Trinajstić information content (AvgIpc) is 2.85. The Morgan fingerprint density at radius 2 is 2.42 bits per heavy atom. The first kappa shape index (κ1) is 14.3. The summed E-state index contributed by atoms with van der Waals surface area (Å²) < 4.78 is 7.98. The van der Waals surface area contributed by atoms with Crippen LogP contribution in [0.15, 0.2) is 6.20 Å². The molecule has 0 spiro atoms. The molecule has 2 N–H and O–H groups in total. The van der Waals surface area contributed by atoms with Crippen LogP contribution in [-0.2, 0) is 24.3 Å². The maximum absolute atomic E-state index is 5.67. The summed E-state index contributed by atoms with van der Waals surface area (Å²) in [6, 6.07) is 0. The number of hydrogen-bond donors (Lipinski definition) is 2. The van der Waals surface area contributed by atoms with Crippen LogP contribution in [-0.4, -0.2) is 34.9 Å². The summed E-state index contributed by atoms with van der Waals surface area (Å²) in [5.41, 5.74) is 1.35. The minimum atomic E-state index is 0.608. The van der Waals surface area contributed by atoms with E-state index in [2.05, 4.69) is 20.2 Å². The largest absolute Gasteiger partial charge is 0.373 e. The van der Waals surface area contributed by atoms with Crippen molar-refractivity contribution in [2.24, 2.45) is 0 Å². The molecule has 0 saturated heterocycles. The van der Waals surface area contributed by atoms with Gasteiger partial charge in [0.25, 0.3) is 0 Å².